The molecule has 1 fully saturated rings. The van der Waals surface area contributed by atoms with Crippen LogP contribution in [0, 0.1) is 6.92 Å². The quantitative estimate of drug-likeness (QED) is 0.268. The van der Waals surface area contributed by atoms with Crippen LogP contribution < -0.4 is 14.6 Å². The first-order valence-corrected chi connectivity index (χ1v) is 15.7. The molecule has 0 saturated carbocycles. The van der Waals surface area contributed by atoms with Crippen LogP contribution in [0.2, 0.25) is 0 Å². The number of carbonyl (C=O) groups is 1. The van der Waals surface area contributed by atoms with E-state index in [2.05, 4.69) is 22.9 Å². The molecule has 3 atom stereocenters. The number of ether oxygens (including phenoxy) is 2. The average molecular weight is 604 g/mol. The number of nitrogens with one attached hydrogen (secondary N) is 1. The van der Waals surface area contributed by atoms with Gasteiger partial charge in [0.05, 0.1) is 17.6 Å². The molecule has 4 aromatic carbocycles. The van der Waals surface area contributed by atoms with Gasteiger partial charge in [-0.1, -0.05) is 66.2 Å². The van der Waals surface area contributed by atoms with Crippen molar-refractivity contribution in [2.75, 3.05) is 26.2 Å². The lowest BCUT2D eigenvalue weighted by atomic mass is 9.87. The number of aliphatic hydroxyl groups excluding tert-OH is 1. The van der Waals surface area contributed by atoms with E-state index in [1.54, 1.807) is 24.3 Å². The Morgan fingerprint density at radius 1 is 1.02 bits per heavy atom. The molecule has 10 heteroatoms. The predicted molar refractivity (Wildman–Crippen MR) is 161 cm³/mol. The van der Waals surface area contributed by atoms with Crippen LogP contribution in [0.15, 0.2) is 95.9 Å². The van der Waals surface area contributed by atoms with Crippen molar-refractivity contribution in [1.82, 2.24) is 9.62 Å². The van der Waals surface area contributed by atoms with Gasteiger partial charge in [0, 0.05) is 25.6 Å². The number of likely N-dealkylation sites (tertiary alicyclic amines) is 1. The van der Waals surface area contributed by atoms with Crippen molar-refractivity contribution in [2.24, 2.45) is 0 Å². The van der Waals surface area contributed by atoms with Gasteiger partial charge in [-0.2, -0.15) is 0 Å². The standard InChI is InChI=1S/C33H36N2O7S/c1-23-6-14-30(15-7-23)43(39,40)34-19-28(36)22-41-29-12-10-26(11-13-29)31-16-17-35(33(37)38)20-32(31)42-21-24-8-9-25-4-2-3-5-27(25)18-24/h2-15,18,28,31-32,34,36H,16-17,19-22H2,1H3,(H,37,38)/p-1. The second-order valence-electron chi connectivity index (χ2n) is 10.8. The fourth-order valence-corrected chi connectivity index (χ4v) is 6.31. The van der Waals surface area contributed by atoms with Gasteiger partial charge in [0.25, 0.3) is 0 Å². The van der Waals surface area contributed by atoms with Crippen LogP contribution >= 0.6 is 0 Å². The summed E-state index contributed by atoms with van der Waals surface area (Å²) in [4.78, 5) is 13.0. The molecule has 4 aromatic rings. The maximum Gasteiger partial charge on any atom is 0.240 e. The summed E-state index contributed by atoms with van der Waals surface area (Å²) < 4.78 is 39.3. The molecule has 43 heavy (non-hydrogen) atoms. The molecule has 0 radical (unpaired) electrons. The Labute approximate surface area is 251 Å². The number of rotatable bonds is 11. The number of carboxylic acid groups (broad SMARTS) is 1. The molecule has 0 aromatic heterocycles. The molecular weight excluding hydrogens is 568 g/mol. The van der Waals surface area contributed by atoms with E-state index in [1.807, 2.05) is 43.3 Å². The zero-order chi connectivity index (χ0) is 30.4. The first kappa shape index (κ1) is 30.5. The Morgan fingerprint density at radius 3 is 2.47 bits per heavy atom. The number of sulfonamides is 1. The summed E-state index contributed by atoms with van der Waals surface area (Å²) in [5, 5.41) is 24.2. The number of aliphatic hydroxyl groups is 1. The first-order valence-electron chi connectivity index (χ1n) is 14.2. The van der Waals surface area contributed by atoms with E-state index in [0.717, 1.165) is 27.5 Å². The van der Waals surface area contributed by atoms with E-state index in [1.165, 1.54) is 17.0 Å². The minimum absolute atomic E-state index is 0.0353. The van der Waals surface area contributed by atoms with Gasteiger partial charge < -0.3 is 29.4 Å². The highest BCUT2D eigenvalue weighted by molar-refractivity contribution is 7.89. The van der Waals surface area contributed by atoms with Crippen molar-refractivity contribution in [3.05, 3.63) is 108 Å². The topological polar surface area (TPSA) is 128 Å². The van der Waals surface area contributed by atoms with Gasteiger partial charge >= 0.3 is 0 Å². The Bertz CT molecular complexity index is 1640. The van der Waals surface area contributed by atoms with Crippen LogP contribution in [0.3, 0.4) is 0 Å². The number of fused-ring (bicyclic) bond motifs is 1. The van der Waals surface area contributed by atoms with Gasteiger partial charge in [0.1, 0.15) is 24.6 Å². The highest BCUT2D eigenvalue weighted by atomic mass is 32.2. The van der Waals surface area contributed by atoms with Crippen LogP contribution in [0.5, 0.6) is 5.75 Å². The summed E-state index contributed by atoms with van der Waals surface area (Å²) in [5.74, 6) is 0.483. The first-order chi connectivity index (χ1) is 20.7. The molecule has 1 saturated heterocycles. The van der Waals surface area contributed by atoms with Gasteiger partial charge in [-0.15, -0.1) is 0 Å². The molecule has 2 N–H and O–H groups in total. The Balaban J connectivity index is 1.17. The van der Waals surface area contributed by atoms with Gasteiger partial charge in [-0.05, 0) is 65.6 Å². The second-order valence-corrected chi connectivity index (χ2v) is 12.6. The number of amides is 1. The summed E-state index contributed by atoms with van der Waals surface area (Å²) in [7, 11) is -3.74. The molecule has 1 heterocycles. The van der Waals surface area contributed by atoms with Crippen LogP contribution in [0.4, 0.5) is 4.79 Å². The van der Waals surface area contributed by atoms with E-state index in [9.17, 15) is 23.4 Å². The Kier molecular flexibility index (Phi) is 9.62. The lowest BCUT2D eigenvalue weighted by Crippen LogP contribution is -2.51. The van der Waals surface area contributed by atoms with Crippen molar-refractivity contribution < 1.29 is 32.9 Å². The third-order valence-electron chi connectivity index (χ3n) is 7.69. The monoisotopic (exact) mass is 603 g/mol. The number of hydrogen-bond acceptors (Lipinski definition) is 7. The maximum atomic E-state index is 12.5. The molecule has 226 valence electrons. The van der Waals surface area contributed by atoms with E-state index < -0.39 is 22.2 Å². The third-order valence-corrected chi connectivity index (χ3v) is 9.13. The molecule has 3 unspecified atom stereocenters. The average Bonchev–Trinajstić information content (AvgIpc) is 3.02. The predicted octanol–water partition coefficient (Wildman–Crippen LogP) is 3.58. The zero-order valence-electron chi connectivity index (χ0n) is 23.9. The van der Waals surface area contributed by atoms with Crippen LogP contribution in [-0.2, 0) is 21.4 Å². The molecule has 1 aliphatic rings. The van der Waals surface area contributed by atoms with Crippen molar-refractivity contribution in [3.8, 4) is 5.75 Å². The van der Waals surface area contributed by atoms with Crippen molar-refractivity contribution in [3.63, 3.8) is 0 Å². The number of nitrogens with zero attached hydrogens (tertiary/aromatic N) is 1. The number of hydrogen-bond donors (Lipinski definition) is 2. The highest BCUT2D eigenvalue weighted by Gasteiger charge is 2.31. The largest absolute Gasteiger partial charge is 0.530 e. The van der Waals surface area contributed by atoms with Gasteiger partial charge in [-0.25, -0.2) is 13.1 Å². The lowest BCUT2D eigenvalue weighted by Gasteiger charge is -2.40. The van der Waals surface area contributed by atoms with E-state index in [-0.39, 0.29) is 36.6 Å². The van der Waals surface area contributed by atoms with Gasteiger partial charge in [0.15, 0.2) is 0 Å². The SMILES string of the molecule is Cc1ccc(S(=O)(=O)NCC(O)COc2ccc(C3CCN(C(=O)[O-])CC3OCc3ccc4ccccc4c3)cc2)cc1. The molecule has 1 amide bonds. The molecule has 9 nitrogen and oxygen atoms in total. The van der Waals surface area contributed by atoms with Gasteiger partial charge in [-0.3, -0.25) is 0 Å². The van der Waals surface area contributed by atoms with E-state index in [0.29, 0.717) is 25.3 Å². The molecule has 5 rings (SSSR count). The van der Waals surface area contributed by atoms with Crippen molar-refractivity contribution in [1.29, 1.82) is 0 Å². The molecular formula is C33H35N2O7S-. The normalized spacial score (nSPS) is 18.0. The number of piperidine rings is 1. The summed E-state index contributed by atoms with van der Waals surface area (Å²) in [6.45, 7) is 2.49. The maximum absolute atomic E-state index is 12.5. The minimum atomic E-state index is -3.74. The third kappa shape index (κ3) is 7.91. The molecule has 0 bridgehead atoms. The molecule has 0 spiro atoms. The summed E-state index contributed by atoms with van der Waals surface area (Å²) >= 11 is 0. The van der Waals surface area contributed by atoms with Gasteiger partial charge in [0.2, 0.25) is 10.0 Å². The Morgan fingerprint density at radius 2 is 1.74 bits per heavy atom. The summed E-state index contributed by atoms with van der Waals surface area (Å²) in [6, 6.07) is 28.1. The number of aryl methyl sites for hydroxylation is 1. The highest BCUT2D eigenvalue weighted by Crippen LogP contribution is 2.32. The smallest absolute Gasteiger partial charge is 0.240 e. The zero-order valence-corrected chi connectivity index (χ0v) is 24.7. The minimum Gasteiger partial charge on any atom is -0.530 e. The lowest BCUT2D eigenvalue weighted by molar-refractivity contribution is -0.268. The molecule has 1 aliphatic heterocycles. The summed E-state index contributed by atoms with van der Waals surface area (Å²) in [6.07, 6.45) is -2.05. The number of benzene rings is 4. The molecule has 0 aliphatic carbocycles. The van der Waals surface area contributed by atoms with Crippen LogP contribution in [0.1, 0.15) is 29.0 Å². The fraction of sp³-hybridized carbons (Fsp3) is 0.303. The van der Waals surface area contributed by atoms with Crippen molar-refractivity contribution >= 4 is 26.9 Å². The second kappa shape index (κ2) is 13.6. The van der Waals surface area contributed by atoms with E-state index >= 15 is 0 Å². The van der Waals surface area contributed by atoms with E-state index in [4.69, 9.17) is 9.47 Å². The Hall–Kier alpha value is -3.96. The summed E-state index contributed by atoms with van der Waals surface area (Å²) in [5.41, 5.74) is 2.94. The van der Waals surface area contributed by atoms with Crippen molar-refractivity contribution in [2.45, 2.75) is 43.0 Å². The van der Waals surface area contributed by atoms with Crippen LogP contribution in [-0.4, -0.2) is 63.0 Å². The van der Waals surface area contributed by atoms with Crippen LogP contribution in [0.25, 0.3) is 10.8 Å². The fourth-order valence-electron chi connectivity index (χ4n) is 5.23. The number of carbonyl (C=O) groups excluding carboxylic acids is 1.